The van der Waals surface area contributed by atoms with Crippen LogP contribution in [0.1, 0.15) is 43.1 Å². The number of anilines is 1. The minimum atomic E-state index is -0.436. The Labute approximate surface area is 122 Å². The van der Waals surface area contributed by atoms with Crippen LogP contribution in [0.2, 0.25) is 0 Å². The van der Waals surface area contributed by atoms with Crippen molar-refractivity contribution in [1.82, 2.24) is 10.3 Å². The van der Waals surface area contributed by atoms with Crippen molar-refractivity contribution in [3.63, 3.8) is 0 Å². The van der Waals surface area contributed by atoms with Crippen LogP contribution in [0.4, 0.5) is 5.13 Å². The fraction of sp³-hybridized carbons (Fsp3) is 0.615. The molecule has 1 unspecified atom stereocenters. The van der Waals surface area contributed by atoms with E-state index in [2.05, 4.69) is 15.6 Å². The number of nitrogens with one attached hydrogen (secondary N) is 2. The van der Waals surface area contributed by atoms with Gasteiger partial charge < -0.3 is 15.4 Å². The Morgan fingerprint density at radius 1 is 1.35 bits per heavy atom. The Morgan fingerprint density at radius 3 is 2.55 bits per heavy atom. The predicted octanol–water partition coefficient (Wildman–Crippen LogP) is 1.95. The molecular formula is C13H21N3O3S. The number of esters is 1. The Morgan fingerprint density at radius 2 is 2.00 bits per heavy atom. The molecule has 112 valence electrons. The van der Waals surface area contributed by atoms with Crippen LogP contribution in [0.5, 0.6) is 0 Å². The maximum atomic E-state index is 11.8. The number of carbonyl (C=O) groups is 2. The quantitative estimate of drug-likeness (QED) is 0.785. The molecule has 0 saturated carbocycles. The van der Waals surface area contributed by atoms with E-state index in [1.165, 1.54) is 11.3 Å². The second-order valence-electron chi connectivity index (χ2n) is 4.67. The van der Waals surface area contributed by atoms with E-state index in [1.807, 2.05) is 13.8 Å². The van der Waals surface area contributed by atoms with E-state index in [0.717, 1.165) is 4.88 Å². The van der Waals surface area contributed by atoms with Crippen LogP contribution >= 0.6 is 11.3 Å². The van der Waals surface area contributed by atoms with Gasteiger partial charge in [0.2, 0.25) is 5.91 Å². The molecule has 20 heavy (non-hydrogen) atoms. The molecule has 0 saturated heterocycles. The molecule has 7 heteroatoms. The average molecular weight is 299 g/mol. The summed E-state index contributed by atoms with van der Waals surface area (Å²) in [6.07, 6.45) is 0. The number of nitrogens with zero attached hydrogens (tertiary/aromatic N) is 1. The molecule has 0 aliphatic heterocycles. The Hall–Kier alpha value is -1.63. The predicted molar refractivity (Wildman–Crippen MR) is 79.2 cm³/mol. The van der Waals surface area contributed by atoms with Crippen molar-refractivity contribution >= 4 is 28.3 Å². The zero-order valence-electron chi connectivity index (χ0n) is 12.4. The number of amides is 1. The van der Waals surface area contributed by atoms with Crippen molar-refractivity contribution in [2.75, 3.05) is 11.9 Å². The SMILES string of the molecule is CCOC(=O)c1nc(NC(C)C(=O)NC(C)C)sc1C. The van der Waals surface area contributed by atoms with Crippen LogP contribution in [-0.2, 0) is 9.53 Å². The molecule has 0 spiro atoms. The minimum Gasteiger partial charge on any atom is -0.461 e. The molecule has 0 bridgehead atoms. The van der Waals surface area contributed by atoms with E-state index in [1.54, 1.807) is 20.8 Å². The molecule has 1 aromatic rings. The summed E-state index contributed by atoms with van der Waals surface area (Å²) in [5, 5.41) is 6.34. The highest BCUT2D eigenvalue weighted by atomic mass is 32.1. The molecule has 0 fully saturated rings. The molecule has 1 heterocycles. The number of thiazole rings is 1. The molecule has 1 amide bonds. The second kappa shape index (κ2) is 7.23. The minimum absolute atomic E-state index is 0.0832. The van der Waals surface area contributed by atoms with Crippen molar-refractivity contribution < 1.29 is 14.3 Å². The zero-order valence-corrected chi connectivity index (χ0v) is 13.3. The molecule has 1 atom stereocenters. The number of carbonyl (C=O) groups excluding carboxylic acids is 2. The van der Waals surface area contributed by atoms with Gasteiger partial charge in [-0.25, -0.2) is 9.78 Å². The van der Waals surface area contributed by atoms with Crippen LogP contribution in [0.15, 0.2) is 0 Å². The van der Waals surface area contributed by atoms with Gasteiger partial charge in [-0.05, 0) is 34.6 Å². The van der Waals surface area contributed by atoms with Gasteiger partial charge in [0.15, 0.2) is 10.8 Å². The third-order valence-corrected chi connectivity index (χ3v) is 3.33. The average Bonchev–Trinajstić information content (AvgIpc) is 2.69. The molecular weight excluding hydrogens is 278 g/mol. The summed E-state index contributed by atoms with van der Waals surface area (Å²) < 4.78 is 4.93. The van der Waals surface area contributed by atoms with E-state index in [0.29, 0.717) is 17.4 Å². The third kappa shape index (κ3) is 4.48. The molecule has 6 nitrogen and oxygen atoms in total. The topological polar surface area (TPSA) is 80.3 Å². The number of aromatic nitrogens is 1. The van der Waals surface area contributed by atoms with Crippen LogP contribution in [-0.4, -0.2) is 35.6 Å². The fourth-order valence-corrected chi connectivity index (χ4v) is 2.40. The lowest BCUT2D eigenvalue weighted by Crippen LogP contribution is -2.40. The largest absolute Gasteiger partial charge is 0.461 e. The van der Waals surface area contributed by atoms with Gasteiger partial charge in [0.05, 0.1) is 6.61 Å². The molecule has 2 N–H and O–H groups in total. The lowest BCUT2D eigenvalue weighted by Gasteiger charge is -2.15. The van der Waals surface area contributed by atoms with Gasteiger partial charge in [-0.15, -0.1) is 11.3 Å². The molecule has 0 radical (unpaired) electrons. The van der Waals surface area contributed by atoms with E-state index in [-0.39, 0.29) is 11.9 Å². The molecule has 1 aromatic heterocycles. The van der Waals surface area contributed by atoms with Gasteiger partial charge >= 0.3 is 5.97 Å². The summed E-state index contributed by atoms with van der Waals surface area (Å²) in [6, 6.07) is -0.335. The summed E-state index contributed by atoms with van der Waals surface area (Å²) in [5.74, 6) is -0.542. The lowest BCUT2D eigenvalue weighted by molar-refractivity contribution is -0.122. The normalized spacial score (nSPS) is 12.1. The van der Waals surface area contributed by atoms with E-state index in [9.17, 15) is 9.59 Å². The first-order valence-electron chi connectivity index (χ1n) is 6.56. The number of hydrogen-bond acceptors (Lipinski definition) is 6. The zero-order chi connectivity index (χ0) is 15.3. The van der Waals surface area contributed by atoms with Gasteiger partial charge in [-0.2, -0.15) is 0 Å². The monoisotopic (exact) mass is 299 g/mol. The highest BCUT2D eigenvalue weighted by Crippen LogP contribution is 2.23. The second-order valence-corrected chi connectivity index (χ2v) is 5.88. The number of ether oxygens (including phenoxy) is 1. The summed E-state index contributed by atoms with van der Waals surface area (Å²) in [5.41, 5.74) is 0.302. The first-order chi connectivity index (χ1) is 9.35. The molecule has 0 aromatic carbocycles. The van der Waals surface area contributed by atoms with Crippen molar-refractivity contribution in [1.29, 1.82) is 0 Å². The van der Waals surface area contributed by atoms with Crippen molar-refractivity contribution in [3.05, 3.63) is 10.6 Å². The molecule has 0 aliphatic carbocycles. The summed E-state index contributed by atoms with van der Waals surface area (Å²) >= 11 is 1.33. The Balaban J connectivity index is 2.72. The summed E-state index contributed by atoms with van der Waals surface area (Å²) in [7, 11) is 0. The molecule has 1 rings (SSSR count). The van der Waals surface area contributed by atoms with Crippen molar-refractivity contribution in [3.8, 4) is 0 Å². The highest BCUT2D eigenvalue weighted by molar-refractivity contribution is 7.15. The van der Waals surface area contributed by atoms with Crippen molar-refractivity contribution in [2.24, 2.45) is 0 Å². The van der Waals surface area contributed by atoms with Gasteiger partial charge in [0.1, 0.15) is 6.04 Å². The van der Waals surface area contributed by atoms with E-state index >= 15 is 0 Å². The number of rotatable bonds is 6. The first kappa shape index (κ1) is 16.4. The van der Waals surface area contributed by atoms with E-state index in [4.69, 9.17) is 4.74 Å². The fourth-order valence-electron chi connectivity index (χ4n) is 1.51. The summed E-state index contributed by atoms with van der Waals surface area (Å²) in [6.45, 7) is 9.41. The smallest absolute Gasteiger partial charge is 0.358 e. The standard InChI is InChI=1S/C13H21N3O3S/c1-6-19-12(18)10-9(5)20-13(16-10)15-8(4)11(17)14-7(2)3/h7-8H,6H2,1-5H3,(H,14,17)(H,15,16). The maximum Gasteiger partial charge on any atom is 0.358 e. The van der Waals surface area contributed by atoms with Crippen molar-refractivity contribution in [2.45, 2.75) is 46.7 Å². The Bertz CT molecular complexity index is 485. The molecule has 0 aliphatic rings. The number of aryl methyl sites for hydroxylation is 1. The van der Waals surface area contributed by atoms with Gasteiger partial charge in [0, 0.05) is 10.9 Å². The lowest BCUT2D eigenvalue weighted by atomic mass is 10.3. The first-order valence-corrected chi connectivity index (χ1v) is 7.38. The van der Waals surface area contributed by atoms with Gasteiger partial charge in [-0.3, -0.25) is 4.79 Å². The van der Waals surface area contributed by atoms with Gasteiger partial charge in [0.25, 0.3) is 0 Å². The van der Waals surface area contributed by atoms with Gasteiger partial charge in [-0.1, -0.05) is 0 Å². The summed E-state index contributed by atoms with van der Waals surface area (Å²) in [4.78, 5) is 28.4. The van der Waals surface area contributed by atoms with Crippen LogP contribution in [0, 0.1) is 6.92 Å². The van der Waals surface area contributed by atoms with Crippen LogP contribution in [0.3, 0.4) is 0 Å². The highest BCUT2D eigenvalue weighted by Gasteiger charge is 2.19. The van der Waals surface area contributed by atoms with Crippen LogP contribution in [0.25, 0.3) is 0 Å². The maximum absolute atomic E-state index is 11.8. The third-order valence-electron chi connectivity index (χ3n) is 2.43. The van der Waals surface area contributed by atoms with Crippen LogP contribution < -0.4 is 10.6 Å². The Kier molecular flexibility index (Phi) is 5.94. The van der Waals surface area contributed by atoms with E-state index < -0.39 is 12.0 Å². The number of hydrogen-bond donors (Lipinski definition) is 2.